The Bertz CT molecular complexity index is 232. The predicted molar refractivity (Wildman–Crippen MR) is 62.6 cm³/mol. The van der Waals surface area contributed by atoms with Gasteiger partial charge in [0.2, 0.25) is 0 Å². The summed E-state index contributed by atoms with van der Waals surface area (Å²) in [7, 11) is -1.45. The van der Waals surface area contributed by atoms with Crippen molar-refractivity contribution in [2.24, 2.45) is 0 Å². The molecule has 0 aliphatic heterocycles. The quantitative estimate of drug-likeness (QED) is 0.422. The minimum absolute atomic E-state index is 0.519. The van der Waals surface area contributed by atoms with Crippen molar-refractivity contribution in [3.05, 3.63) is 12.7 Å². The van der Waals surface area contributed by atoms with Gasteiger partial charge in [0.1, 0.15) is 14.2 Å². The van der Waals surface area contributed by atoms with Crippen LogP contribution in [0.4, 0.5) is 0 Å². The molecule has 0 radical (unpaired) electrons. The van der Waals surface area contributed by atoms with E-state index in [0.717, 1.165) is 0 Å². The van der Waals surface area contributed by atoms with E-state index in [2.05, 4.69) is 37.7 Å². The lowest BCUT2D eigenvalue weighted by atomic mass is 10.1. The molecule has 0 aliphatic rings. The van der Waals surface area contributed by atoms with Crippen molar-refractivity contribution in [1.29, 1.82) is 0 Å². The molecule has 0 heterocycles. The molecule has 2 N–H and O–H groups in total. The summed E-state index contributed by atoms with van der Waals surface area (Å²) in [6, 6.07) is 0. The molecule has 0 saturated carbocycles. The minimum Gasteiger partial charge on any atom is -0.389 e. The topological polar surface area (TPSA) is 40.5 Å². The molecule has 0 amide bonds. The van der Waals surface area contributed by atoms with Gasteiger partial charge in [-0.3, -0.25) is 0 Å². The second-order valence-electron chi connectivity index (χ2n) is 4.40. The van der Waals surface area contributed by atoms with Gasteiger partial charge in [-0.1, -0.05) is 31.6 Å². The van der Waals surface area contributed by atoms with Gasteiger partial charge in [0, 0.05) is 0 Å². The average molecular weight is 212 g/mol. The second-order valence-corrected chi connectivity index (χ2v) is 9.15. The van der Waals surface area contributed by atoms with Crippen LogP contribution < -0.4 is 0 Å². The fourth-order valence-electron chi connectivity index (χ4n) is 0.833. The molecule has 0 saturated heterocycles. The zero-order chi connectivity index (χ0) is 11.2. The monoisotopic (exact) mass is 212 g/mol. The Labute approximate surface area is 87.7 Å². The average Bonchev–Trinajstić information content (AvgIpc) is 2.09. The van der Waals surface area contributed by atoms with Crippen LogP contribution in [0.25, 0.3) is 0 Å². The smallest absolute Gasteiger partial charge is 0.139 e. The zero-order valence-electron chi connectivity index (χ0n) is 9.25. The van der Waals surface area contributed by atoms with Crippen molar-refractivity contribution >= 4 is 8.07 Å². The fraction of sp³-hybridized carbons (Fsp3) is 0.636. The van der Waals surface area contributed by atoms with Gasteiger partial charge < -0.3 is 10.2 Å². The highest BCUT2D eigenvalue weighted by molar-refractivity contribution is 6.83. The summed E-state index contributed by atoms with van der Waals surface area (Å²) in [5.74, 6) is 2.71. The Morgan fingerprint density at radius 2 is 1.93 bits per heavy atom. The molecule has 0 spiro atoms. The van der Waals surface area contributed by atoms with Gasteiger partial charge >= 0.3 is 0 Å². The minimum atomic E-state index is -1.45. The molecular formula is C11H20O2Si. The molecule has 0 unspecified atom stereocenters. The molecule has 2 atom stereocenters. The van der Waals surface area contributed by atoms with Gasteiger partial charge in [-0.05, 0) is 12.8 Å². The van der Waals surface area contributed by atoms with Crippen molar-refractivity contribution in [3.63, 3.8) is 0 Å². The third kappa shape index (κ3) is 6.90. The van der Waals surface area contributed by atoms with Gasteiger partial charge in [-0.2, -0.15) is 0 Å². The summed E-state index contributed by atoms with van der Waals surface area (Å²) in [4.78, 5) is 0. The first-order valence-corrected chi connectivity index (χ1v) is 8.36. The highest BCUT2D eigenvalue weighted by Gasteiger charge is 2.14. The summed E-state index contributed by atoms with van der Waals surface area (Å²) in [5.41, 5.74) is 3.03. The van der Waals surface area contributed by atoms with Crippen molar-refractivity contribution in [2.75, 3.05) is 0 Å². The van der Waals surface area contributed by atoms with Crippen LogP contribution in [0.2, 0.25) is 19.6 Å². The molecule has 3 heteroatoms. The summed E-state index contributed by atoms with van der Waals surface area (Å²) < 4.78 is 0. The summed E-state index contributed by atoms with van der Waals surface area (Å²) in [6.07, 6.45) is 1.28. The van der Waals surface area contributed by atoms with E-state index in [1.807, 2.05) is 0 Å². The lowest BCUT2D eigenvalue weighted by Gasteiger charge is -2.12. The maximum absolute atomic E-state index is 9.47. The molecule has 0 aliphatic carbocycles. The third-order valence-corrected chi connectivity index (χ3v) is 2.52. The molecule has 0 aromatic rings. The number of aliphatic hydroxyl groups excluding tert-OH is 2. The highest BCUT2D eigenvalue weighted by Crippen LogP contribution is 2.03. The Morgan fingerprint density at radius 1 is 1.36 bits per heavy atom. The number of hydrogen-bond donors (Lipinski definition) is 2. The van der Waals surface area contributed by atoms with E-state index in [4.69, 9.17) is 0 Å². The maximum atomic E-state index is 9.47. The predicted octanol–water partition coefficient (Wildman–Crippen LogP) is 1.56. The second kappa shape index (κ2) is 6.02. The van der Waals surface area contributed by atoms with Crippen molar-refractivity contribution in [1.82, 2.24) is 0 Å². The van der Waals surface area contributed by atoms with Crippen LogP contribution in [0, 0.1) is 11.5 Å². The van der Waals surface area contributed by atoms with Crippen LogP contribution in [0.3, 0.4) is 0 Å². The van der Waals surface area contributed by atoms with Gasteiger partial charge in [-0.15, -0.1) is 12.1 Å². The molecule has 0 rings (SSSR count). The maximum Gasteiger partial charge on any atom is 0.139 e. The lowest BCUT2D eigenvalue weighted by Crippen LogP contribution is -2.25. The molecular weight excluding hydrogens is 192 g/mol. The van der Waals surface area contributed by atoms with E-state index in [-0.39, 0.29) is 0 Å². The van der Waals surface area contributed by atoms with Crippen molar-refractivity contribution in [3.8, 4) is 11.5 Å². The highest BCUT2D eigenvalue weighted by atomic mass is 28.3. The van der Waals surface area contributed by atoms with Crippen LogP contribution in [0.5, 0.6) is 0 Å². The Hall–Kier alpha value is -0.563. The van der Waals surface area contributed by atoms with E-state index >= 15 is 0 Å². The number of allylic oxidation sites excluding steroid dienone is 1. The van der Waals surface area contributed by atoms with E-state index in [9.17, 15) is 10.2 Å². The van der Waals surface area contributed by atoms with E-state index in [1.54, 1.807) is 6.08 Å². The van der Waals surface area contributed by atoms with Gasteiger partial charge in [0.05, 0.1) is 6.10 Å². The first kappa shape index (κ1) is 13.4. The molecule has 0 fully saturated rings. The molecule has 80 valence electrons. The SMILES string of the molecule is C=CCC[C@H](O)[C@@H](O)C#C[Si](C)(C)C. The van der Waals surface area contributed by atoms with Crippen molar-refractivity contribution < 1.29 is 10.2 Å². The normalized spacial score (nSPS) is 15.2. The van der Waals surface area contributed by atoms with Gasteiger partial charge in [-0.25, -0.2) is 0 Å². The van der Waals surface area contributed by atoms with Crippen LogP contribution >= 0.6 is 0 Å². The molecule has 14 heavy (non-hydrogen) atoms. The van der Waals surface area contributed by atoms with Crippen molar-refractivity contribution in [2.45, 2.75) is 44.7 Å². The van der Waals surface area contributed by atoms with Crippen LogP contribution in [-0.4, -0.2) is 30.5 Å². The standard InChI is InChI=1S/C11H20O2Si/c1-5-6-7-10(12)11(13)8-9-14(2,3)4/h5,10-13H,1,6-7H2,2-4H3/t10-,11-/m0/s1. The van der Waals surface area contributed by atoms with Crippen LogP contribution in [0.15, 0.2) is 12.7 Å². The molecule has 0 bridgehead atoms. The third-order valence-electron chi connectivity index (χ3n) is 1.63. The van der Waals surface area contributed by atoms with E-state index < -0.39 is 20.3 Å². The Kier molecular flexibility index (Phi) is 5.78. The fourth-order valence-corrected chi connectivity index (χ4v) is 1.41. The number of rotatable bonds is 4. The first-order chi connectivity index (χ1) is 6.37. The van der Waals surface area contributed by atoms with Gasteiger partial charge in [0.15, 0.2) is 0 Å². The Morgan fingerprint density at radius 3 is 2.36 bits per heavy atom. The molecule has 2 nitrogen and oxygen atoms in total. The van der Waals surface area contributed by atoms with Gasteiger partial charge in [0.25, 0.3) is 0 Å². The number of aliphatic hydroxyl groups is 2. The molecule has 0 aromatic heterocycles. The Balaban J connectivity index is 4.10. The number of hydrogen-bond acceptors (Lipinski definition) is 2. The summed E-state index contributed by atoms with van der Waals surface area (Å²) >= 11 is 0. The van der Waals surface area contributed by atoms with E-state index in [0.29, 0.717) is 12.8 Å². The largest absolute Gasteiger partial charge is 0.389 e. The van der Waals surface area contributed by atoms with Crippen LogP contribution in [0.1, 0.15) is 12.8 Å². The zero-order valence-corrected chi connectivity index (χ0v) is 10.2. The molecule has 0 aromatic carbocycles. The first-order valence-electron chi connectivity index (χ1n) is 4.86. The summed E-state index contributed by atoms with van der Waals surface area (Å²) in [5, 5.41) is 18.9. The van der Waals surface area contributed by atoms with E-state index in [1.165, 1.54) is 0 Å². The summed E-state index contributed by atoms with van der Waals surface area (Å²) in [6.45, 7) is 9.86. The van der Waals surface area contributed by atoms with Crippen LogP contribution in [-0.2, 0) is 0 Å². The lowest BCUT2D eigenvalue weighted by molar-refractivity contribution is 0.0495.